The average molecular weight is 742 g/mol. The smallest absolute Gasteiger partial charge is 0.0541 e. The summed E-state index contributed by atoms with van der Waals surface area (Å²) in [5.74, 6) is 0.246. The van der Waals surface area contributed by atoms with Gasteiger partial charge in [-0.2, -0.15) is 0 Å². The summed E-state index contributed by atoms with van der Waals surface area (Å²) in [6.07, 6.45) is 1.98. The maximum atomic E-state index is 2.40. The Labute approximate surface area is 341 Å². The van der Waals surface area contributed by atoms with Crippen molar-refractivity contribution in [1.82, 2.24) is 4.57 Å². The van der Waals surface area contributed by atoms with E-state index in [0.29, 0.717) is 0 Å². The van der Waals surface area contributed by atoms with Crippen molar-refractivity contribution in [3.63, 3.8) is 0 Å². The molecule has 1 nitrogen and oxygen atoms in total. The van der Waals surface area contributed by atoms with Crippen LogP contribution in [0, 0.1) is 0 Å². The van der Waals surface area contributed by atoms with E-state index in [-0.39, 0.29) is 5.92 Å². The van der Waals surface area contributed by atoms with Crippen LogP contribution in [0.5, 0.6) is 0 Å². The fraction of sp³-hybridized carbons (Fsp3) is 0.0526. The van der Waals surface area contributed by atoms with Gasteiger partial charge in [0, 0.05) is 22.4 Å². The Morgan fingerprint density at radius 3 is 1.33 bits per heavy atom. The number of hydrogen-bond donors (Lipinski definition) is 0. The molecule has 58 heavy (non-hydrogen) atoms. The first-order valence-electron chi connectivity index (χ1n) is 20.3. The van der Waals surface area contributed by atoms with Crippen molar-refractivity contribution in [1.29, 1.82) is 0 Å². The molecule has 1 heterocycles. The predicted octanol–water partition coefficient (Wildman–Crippen LogP) is 15.2. The minimum absolute atomic E-state index is 0.246. The maximum absolute atomic E-state index is 2.40. The van der Waals surface area contributed by atoms with Crippen LogP contribution in [0.25, 0.3) is 72.0 Å². The molecule has 0 N–H and O–H groups in total. The van der Waals surface area contributed by atoms with E-state index in [4.69, 9.17) is 0 Å². The first-order chi connectivity index (χ1) is 28.7. The Bertz CT molecular complexity index is 2900. The van der Waals surface area contributed by atoms with Gasteiger partial charge in [-0.3, -0.25) is 0 Å². The van der Waals surface area contributed by atoms with Gasteiger partial charge in [-0.1, -0.05) is 206 Å². The molecule has 10 rings (SSSR count). The van der Waals surface area contributed by atoms with E-state index in [2.05, 4.69) is 235 Å². The van der Waals surface area contributed by atoms with Gasteiger partial charge in [-0.25, -0.2) is 0 Å². The lowest BCUT2D eigenvalue weighted by molar-refractivity contribution is 0.715. The van der Waals surface area contributed by atoms with Crippen molar-refractivity contribution in [2.24, 2.45) is 0 Å². The van der Waals surface area contributed by atoms with E-state index in [1.807, 2.05) is 0 Å². The van der Waals surface area contributed by atoms with Crippen molar-refractivity contribution in [3.05, 3.63) is 247 Å². The Hall–Kier alpha value is -7.22. The molecule has 10 aromatic rings. The standard InChI is InChI=1S/C57H43N/c1-3-13-42(14-4-1)44-30-32-47(33-31-44)49-17-11-19-51(39-49)53(48-36-34-45(35-37-48)43-15-5-2-6-16-43)38-27-41-25-28-46(29-26-41)50-18-12-20-52(40-50)58-56-23-9-7-21-54(56)55-22-8-10-24-57(55)58/h1-26,28-37,39-40,53H,27,38H2. The summed E-state index contributed by atoms with van der Waals surface area (Å²) < 4.78 is 2.39. The van der Waals surface area contributed by atoms with Gasteiger partial charge in [0.15, 0.2) is 0 Å². The third-order valence-electron chi connectivity index (χ3n) is 11.7. The van der Waals surface area contributed by atoms with Gasteiger partial charge in [-0.05, 0) is 98.3 Å². The molecule has 1 atom stereocenters. The zero-order valence-corrected chi connectivity index (χ0v) is 32.4. The third kappa shape index (κ3) is 7.04. The lowest BCUT2D eigenvalue weighted by Crippen LogP contribution is -2.04. The molecular weight excluding hydrogens is 699 g/mol. The summed E-state index contributed by atoms with van der Waals surface area (Å²) in [4.78, 5) is 0. The monoisotopic (exact) mass is 741 g/mol. The summed E-state index contributed by atoms with van der Waals surface area (Å²) in [7, 11) is 0. The molecular formula is C57H43N. The van der Waals surface area contributed by atoms with E-state index in [0.717, 1.165) is 12.8 Å². The predicted molar refractivity (Wildman–Crippen MR) is 246 cm³/mol. The summed E-state index contributed by atoms with van der Waals surface area (Å²) in [5.41, 5.74) is 17.6. The van der Waals surface area contributed by atoms with Crippen LogP contribution in [0.4, 0.5) is 0 Å². The Morgan fingerprint density at radius 2 is 0.741 bits per heavy atom. The first-order valence-corrected chi connectivity index (χ1v) is 20.3. The fourth-order valence-corrected chi connectivity index (χ4v) is 8.69. The minimum Gasteiger partial charge on any atom is -0.309 e. The number of nitrogens with zero attached hydrogens (tertiary/aromatic N) is 1. The van der Waals surface area contributed by atoms with Gasteiger partial charge in [-0.15, -0.1) is 0 Å². The van der Waals surface area contributed by atoms with Gasteiger partial charge in [0.2, 0.25) is 0 Å². The largest absolute Gasteiger partial charge is 0.309 e. The fourth-order valence-electron chi connectivity index (χ4n) is 8.69. The molecule has 276 valence electrons. The zero-order valence-electron chi connectivity index (χ0n) is 32.4. The molecule has 1 unspecified atom stereocenters. The second-order valence-electron chi connectivity index (χ2n) is 15.3. The summed E-state index contributed by atoms with van der Waals surface area (Å²) >= 11 is 0. The number of aryl methyl sites for hydroxylation is 1. The minimum atomic E-state index is 0.246. The molecule has 0 saturated carbocycles. The molecule has 0 aliphatic heterocycles. The second-order valence-corrected chi connectivity index (χ2v) is 15.3. The SMILES string of the molecule is c1ccc(-c2ccc(-c3cccc(C(CCc4ccc(-c5cccc(-n6c7ccccc7c7ccccc76)c5)cc4)c4ccc(-c5ccccc5)cc4)c3)cc2)cc1. The molecule has 9 aromatic carbocycles. The number of fused-ring (bicyclic) bond motifs is 3. The Morgan fingerprint density at radius 1 is 0.310 bits per heavy atom. The lowest BCUT2D eigenvalue weighted by Gasteiger charge is -2.20. The second kappa shape index (κ2) is 15.7. The molecule has 1 heteroatoms. The quantitative estimate of drug-likeness (QED) is 0.132. The van der Waals surface area contributed by atoms with Crippen LogP contribution < -0.4 is 0 Å². The molecule has 0 spiro atoms. The number of rotatable bonds is 10. The lowest BCUT2D eigenvalue weighted by atomic mass is 9.84. The van der Waals surface area contributed by atoms with Crippen molar-refractivity contribution in [2.45, 2.75) is 18.8 Å². The third-order valence-corrected chi connectivity index (χ3v) is 11.7. The highest BCUT2D eigenvalue weighted by Gasteiger charge is 2.17. The van der Waals surface area contributed by atoms with E-state index in [1.54, 1.807) is 0 Å². The molecule has 0 aliphatic carbocycles. The first kappa shape index (κ1) is 35.2. The number of aromatic nitrogens is 1. The maximum Gasteiger partial charge on any atom is 0.0541 e. The van der Waals surface area contributed by atoms with Crippen LogP contribution in [0.15, 0.2) is 231 Å². The summed E-state index contributed by atoms with van der Waals surface area (Å²) in [6, 6.07) is 84.3. The summed E-state index contributed by atoms with van der Waals surface area (Å²) in [5, 5.41) is 2.56. The van der Waals surface area contributed by atoms with E-state index in [9.17, 15) is 0 Å². The Kier molecular flexibility index (Phi) is 9.55. The molecule has 0 saturated heterocycles. The van der Waals surface area contributed by atoms with Gasteiger partial charge < -0.3 is 4.57 Å². The van der Waals surface area contributed by atoms with Crippen LogP contribution in [-0.2, 0) is 6.42 Å². The van der Waals surface area contributed by atoms with Crippen LogP contribution in [0.2, 0.25) is 0 Å². The van der Waals surface area contributed by atoms with Crippen LogP contribution in [0.1, 0.15) is 29.0 Å². The zero-order chi connectivity index (χ0) is 38.7. The van der Waals surface area contributed by atoms with Gasteiger partial charge in [0.1, 0.15) is 0 Å². The highest BCUT2D eigenvalue weighted by Crippen LogP contribution is 2.36. The van der Waals surface area contributed by atoms with Gasteiger partial charge in [0.05, 0.1) is 11.0 Å². The number of hydrogen-bond acceptors (Lipinski definition) is 0. The van der Waals surface area contributed by atoms with E-state index < -0.39 is 0 Å². The molecule has 0 fully saturated rings. The van der Waals surface area contributed by atoms with Crippen molar-refractivity contribution >= 4 is 21.8 Å². The average Bonchev–Trinajstić information content (AvgIpc) is 3.65. The molecule has 0 amide bonds. The topological polar surface area (TPSA) is 4.93 Å². The normalized spacial score (nSPS) is 11.9. The number of para-hydroxylation sites is 2. The van der Waals surface area contributed by atoms with Gasteiger partial charge in [0.25, 0.3) is 0 Å². The van der Waals surface area contributed by atoms with Crippen molar-refractivity contribution in [3.8, 4) is 50.2 Å². The van der Waals surface area contributed by atoms with E-state index in [1.165, 1.54) is 88.7 Å². The molecule has 0 radical (unpaired) electrons. The summed E-state index contributed by atoms with van der Waals surface area (Å²) in [6.45, 7) is 0. The number of benzene rings is 9. The van der Waals surface area contributed by atoms with Crippen molar-refractivity contribution in [2.75, 3.05) is 0 Å². The van der Waals surface area contributed by atoms with Crippen LogP contribution >= 0.6 is 0 Å². The highest BCUT2D eigenvalue weighted by molar-refractivity contribution is 6.09. The molecule has 0 aliphatic rings. The Balaban J connectivity index is 0.929. The van der Waals surface area contributed by atoms with E-state index >= 15 is 0 Å². The molecule has 1 aromatic heterocycles. The molecule has 0 bridgehead atoms. The van der Waals surface area contributed by atoms with Gasteiger partial charge >= 0.3 is 0 Å². The van der Waals surface area contributed by atoms with Crippen LogP contribution in [0.3, 0.4) is 0 Å². The van der Waals surface area contributed by atoms with Crippen molar-refractivity contribution < 1.29 is 0 Å². The van der Waals surface area contributed by atoms with Crippen LogP contribution in [-0.4, -0.2) is 4.57 Å². The highest BCUT2D eigenvalue weighted by atomic mass is 15.0.